The number of aryl methyl sites for hydroxylation is 1. The summed E-state index contributed by atoms with van der Waals surface area (Å²) in [6, 6.07) is 3.58. The minimum absolute atomic E-state index is 0.143. The Morgan fingerprint density at radius 3 is 3.00 bits per heavy atom. The van der Waals surface area contributed by atoms with Crippen LogP contribution in [0.25, 0.3) is 0 Å². The number of thioether (sulfide) groups is 1. The highest BCUT2D eigenvalue weighted by atomic mass is 32.2. The van der Waals surface area contributed by atoms with E-state index < -0.39 is 0 Å². The second-order valence-corrected chi connectivity index (χ2v) is 4.26. The normalized spacial score (nSPS) is 14.9. The van der Waals surface area contributed by atoms with Crippen molar-refractivity contribution in [2.24, 2.45) is 4.99 Å². The maximum absolute atomic E-state index is 11.7. The number of nitrogens with one attached hydrogen (secondary N) is 1. The average molecular weight is 221 g/mol. The zero-order valence-corrected chi connectivity index (χ0v) is 9.17. The van der Waals surface area contributed by atoms with Gasteiger partial charge in [-0.25, -0.2) is 0 Å². The predicted octanol–water partition coefficient (Wildman–Crippen LogP) is 1.22. The van der Waals surface area contributed by atoms with Crippen molar-refractivity contribution in [2.45, 2.75) is 6.92 Å². The van der Waals surface area contributed by atoms with Crippen LogP contribution < -0.4 is 5.32 Å². The molecule has 5 heteroatoms. The van der Waals surface area contributed by atoms with Crippen molar-refractivity contribution >= 4 is 22.8 Å². The van der Waals surface area contributed by atoms with E-state index in [1.807, 2.05) is 13.0 Å². The lowest BCUT2D eigenvalue weighted by Gasteiger charge is -2.03. The molecule has 0 radical (unpaired) electrons. The molecule has 0 atom stereocenters. The van der Waals surface area contributed by atoms with Crippen molar-refractivity contribution in [1.29, 1.82) is 0 Å². The molecule has 1 N–H and O–H groups in total. The highest BCUT2D eigenvalue weighted by molar-refractivity contribution is 8.14. The van der Waals surface area contributed by atoms with Gasteiger partial charge in [0.05, 0.1) is 12.1 Å². The molecule has 0 saturated carbocycles. The Hall–Kier alpha value is -1.36. The van der Waals surface area contributed by atoms with E-state index in [9.17, 15) is 4.79 Å². The van der Waals surface area contributed by atoms with E-state index in [0.29, 0.717) is 10.7 Å². The fourth-order valence-electron chi connectivity index (χ4n) is 1.18. The summed E-state index contributed by atoms with van der Waals surface area (Å²) in [6.45, 7) is 2.67. The van der Waals surface area contributed by atoms with Crippen LogP contribution >= 0.6 is 11.8 Å². The first kappa shape index (κ1) is 10.2. The van der Waals surface area contributed by atoms with Crippen molar-refractivity contribution in [1.82, 2.24) is 10.3 Å². The van der Waals surface area contributed by atoms with Crippen LogP contribution in [0.4, 0.5) is 0 Å². The van der Waals surface area contributed by atoms with Crippen LogP contribution in [0.15, 0.2) is 23.3 Å². The smallest absolute Gasteiger partial charge is 0.258 e. The Bertz CT molecular complexity index is 400. The Labute approximate surface area is 92.2 Å². The molecule has 1 aliphatic rings. The van der Waals surface area contributed by atoms with Crippen LogP contribution in [-0.2, 0) is 0 Å². The van der Waals surface area contributed by atoms with Gasteiger partial charge in [-0.3, -0.25) is 14.8 Å². The second kappa shape index (κ2) is 4.44. The summed E-state index contributed by atoms with van der Waals surface area (Å²) < 4.78 is 0. The number of hydrogen-bond acceptors (Lipinski definition) is 4. The van der Waals surface area contributed by atoms with Crippen LogP contribution in [0.1, 0.15) is 16.1 Å². The molecule has 4 nitrogen and oxygen atoms in total. The van der Waals surface area contributed by atoms with Gasteiger partial charge in [-0.15, -0.1) is 0 Å². The third-order valence-electron chi connectivity index (χ3n) is 1.98. The number of amides is 1. The molecule has 1 amide bonds. The summed E-state index contributed by atoms with van der Waals surface area (Å²) >= 11 is 1.57. The quantitative estimate of drug-likeness (QED) is 0.775. The number of carbonyl (C=O) groups excluding carboxylic acids is 1. The molecular formula is C10H11N3OS. The molecule has 1 aliphatic heterocycles. The van der Waals surface area contributed by atoms with Crippen molar-refractivity contribution in [3.63, 3.8) is 0 Å². The van der Waals surface area contributed by atoms with Crippen LogP contribution in [0, 0.1) is 6.92 Å². The van der Waals surface area contributed by atoms with Crippen LogP contribution in [0.3, 0.4) is 0 Å². The summed E-state index contributed by atoms with van der Waals surface area (Å²) in [5.41, 5.74) is 1.47. The first-order valence-electron chi connectivity index (χ1n) is 4.67. The molecule has 2 heterocycles. The maximum Gasteiger partial charge on any atom is 0.258 e. The molecule has 0 saturated heterocycles. The van der Waals surface area contributed by atoms with E-state index in [-0.39, 0.29) is 5.91 Å². The summed E-state index contributed by atoms with van der Waals surface area (Å²) in [5, 5.41) is 3.46. The van der Waals surface area contributed by atoms with Gasteiger partial charge in [-0.05, 0) is 19.1 Å². The number of nitrogens with zero attached hydrogens (tertiary/aromatic N) is 2. The van der Waals surface area contributed by atoms with Gasteiger partial charge in [-0.2, -0.15) is 0 Å². The predicted molar refractivity (Wildman–Crippen MR) is 61.2 cm³/mol. The molecule has 0 bridgehead atoms. The monoisotopic (exact) mass is 221 g/mol. The number of aliphatic imine (C=N–C) groups is 1. The first-order chi connectivity index (χ1) is 7.25. The molecular weight excluding hydrogens is 210 g/mol. The number of pyridine rings is 1. The SMILES string of the molecule is Cc1ccc(C(=O)NC2=NCCS2)cn1. The Morgan fingerprint density at radius 2 is 2.40 bits per heavy atom. The fourth-order valence-corrected chi connectivity index (χ4v) is 1.91. The molecule has 78 valence electrons. The van der Waals surface area contributed by atoms with Crippen LogP contribution in [0.2, 0.25) is 0 Å². The molecule has 2 rings (SSSR count). The number of rotatable bonds is 1. The number of amidine groups is 1. The van der Waals surface area contributed by atoms with Crippen molar-refractivity contribution in [3.05, 3.63) is 29.6 Å². The standard InChI is InChI=1S/C10H11N3OS/c1-7-2-3-8(6-12-7)9(14)13-10-11-4-5-15-10/h2-3,6H,4-5H2,1H3,(H,11,13,14). The van der Waals surface area contributed by atoms with Gasteiger partial charge in [0, 0.05) is 17.6 Å². The molecule has 0 fully saturated rings. The molecule has 1 aromatic heterocycles. The number of hydrogen-bond donors (Lipinski definition) is 1. The topological polar surface area (TPSA) is 54.4 Å². The average Bonchev–Trinajstić information content (AvgIpc) is 2.71. The van der Waals surface area contributed by atoms with Crippen LogP contribution in [0.5, 0.6) is 0 Å². The fraction of sp³-hybridized carbons (Fsp3) is 0.300. The van der Waals surface area contributed by atoms with E-state index >= 15 is 0 Å². The summed E-state index contributed by atoms with van der Waals surface area (Å²) in [6.07, 6.45) is 1.57. The Morgan fingerprint density at radius 1 is 1.53 bits per heavy atom. The van der Waals surface area contributed by atoms with Crippen LogP contribution in [-0.4, -0.2) is 28.4 Å². The minimum atomic E-state index is -0.143. The van der Waals surface area contributed by atoms with Crippen molar-refractivity contribution in [3.8, 4) is 0 Å². The van der Waals surface area contributed by atoms with E-state index in [0.717, 1.165) is 18.0 Å². The summed E-state index contributed by atoms with van der Waals surface area (Å²) in [7, 11) is 0. The molecule has 15 heavy (non-hydrogen) atoms. The second-order valence-electron chi connectivity index (χ2n) is 3.18. The highest BCUT2D eigenvalue weighted by Crippen LogP contribution is 2.09. The molecule has 0 aromatic carbocycles. The maximum atomic E-state index is 11.7. The first-order valence-corrected chi connectivity index (χ1v) is 5.65. The largest absolute Gasteiger partial charge is 0.301 e. The van der Waals surface area contributed by atoms with Gasteiger partial charge < -0.3 is 5.32 Å². The zero-order valence-electron chi connectivity index (χ0n) is 8.36. The van der Waals surface area contributed by atoms with Gasteiger partial charge in [0.2, 0.25) is 0 Å². The summed E-state index contributed by atoms with van der Waals surface area (Å²) in [4.78, 5) is 19.9. The lowest BCUT2D eigenvalue weighted by atomic mass is 10.2. The Balaban J connectivity index is 2.04. The van der Waals surface area contributed by atoms with E-state index in [1.54, 1.807) is 24.0 Å². The van der Waals surface area contributed by atoms with E-state index in [1.165, 1.54) is 0 Å². The van der Waals surface area contributed by atoms with Gasteiger partial charge in [-0.1, -0.05) is 11.8 Å². The number of aromatic nitrogens is 1. The van der Waals surface area contributed by atoms with Crippen molar-refractivity contribution < 1.29 is 4.79 Å². The molecule has 0 spiro atoms. The van der Waals surface area contributed by atoms with E-state index in [4.69, 9.17) is 0 Å². The molecule has 0 unspecified atom stereocenters. The lowest BCUT2D eigenvalue weighted by Crippen LogP contribution is -2.27. The van der Waals surface area contributed by atoms with Crippen molar-refractivity contribution in [2.75, 3.05) is 12.3 Å². The zero-order chi connectivity index (χ0) is 10.7. The number of carbonyl (C=O) groups is 1. The Kier molecular flexibility index (Phi) is 3.01. The van der Waals surface area contributed by atoms with Gasteiger partial charge in [0.25, 0.3) is 5.91 Å². The van der Waals surface area contributed by atoms with Gasteiger partial charge in [0.15, 0.2) is 5.17 Å². The summed E-state index contributed by atoms with van der Waals surface area (Å²) in [5.74, 6) is 0.803. The molecule has 0 aliphatic carbocycles. The highest BCUT2D eigenvalue weighted by Gasteiger charge is 2.12. The van der Waals surface area contributed by atoms with Gasteiger partial charge >= 0.3 is 0 Å². The lowest BCUT2D eigenvalue weighted by molar-refractivity contribution is 0.0977. The van der Waals surface area contributed by atoms with E-state index in [2.05, 4.69) is 15.3 Å². The molecule has 1 aromatic rings. The third kappa shape index (κ3) is 2.56. The minimum Gasteiger partial charge on any atom is -0.301 e. The van der Waals surface area contributed by atoms with Gasteiger partial charge in [0.1, 0.15) is 0 Å². The third-order valence-corrected chi connectivity index (χ3v) is 2.87.